The molecule has 2 aromatic rings. The molecule has 0 aromatic heterocycles. The molecule has 0 spiro atoms. The van der Waals surface area contributed by atoms with Crippen molar-refractivity contribution in [2.24, 2.45) is 0 Å². The number of esters is 1. The molecule has 0 fully saturated rings. The molecule has 0 unspecified atom stereocenters. The molecule has 0 aliphatic rings. The van der Waals surface area contributed by atoms with E-state index in [1.54, 1.807) is 18.2 Å². The number of hydrogen-bond donors (Lipinski definition) is 2. The van der Waals surface area contributed by atoms with Gasteiger partial charge < -0.3 is 15.4 Å². The molecule has 0 bridgehead atoms. The Labute approximate surface area is 158 Å². The summed E-state index contributed by atoms with van der Waals surface area (Å²) < 4.78 is 4.72. The van der Waals surface area contributed by atoms with Gasteiger partial charge in [-0.25, -0.2) is 4.79 Å². The molecule has 0 saturated carbocycles. The fourth-order valence-corrected chi connectivity index (χ4v) is 3.06. The van der Waals surface area contributed by atoms with Crippen LogP contribution in [0.2, 0.25) is 5.02 Å². The van der Waals surface area contributed by atoms with Gasteiger partial charge in [0, 0.05) is 0 Å². The summed E-state index contributed by atoms with van der Waals surface area (Å²) in [4.78, 5) is 11.6. The Bertz CT molecular complexity index is 808. The molecule has 2 rings (SSSR count). The lowest BCUT2D eigenvalue weighted by Crippen LogP contribution is -2.31. The highest BCUT2D eigenvalue weighted by atomic mass is 35.5. The first-order valence-corrected chi connectivity index (χ1v) is 8.63. The maximum atomic E-state index is 11.6. The van der Waals surface area contributed by atoms with Gasteiger partial charge in [-0.1, -0.05) is 35.4 Å². The number of benzene rings is 2. The predicted octanol–water partition coefficient (Wildman–Crippen LogP) is 4.79. The van der Waals surface area contributed by atoms with Crippen LogP contribution in [0.5, 0.6) is 0 Å². The molecule has 1 atom stereocenters. The van der Waals surface area contributed by atoms with Crippen molar-refractivity contribution in [2.75, 3.05) is 12.4 Å². The fraction of sp³-hybridized carbons (Fsp3) is 0.263. The van der Waals surface area contributed by atoms with E-state index in [9.17, 15) is 4.79 Å². The topological polar surface area (TPSA) is 50.4 Å². The Balaban J connectivity index is 2.10. The zero-order valence-electron chi connectivity index (χ0n) is 14.6. The summed E-state index contributed by atoms with van der Waals surface area (Å²) in [7, 11) is 1.34. The van der Waals surface area contributed by atoms with Gasteiger partial charge in [0.1, 0.15) is 0 Å². The second kappa shape index (κ2) is 8.32. The smallest absolute Gasteiger partial charge is 0.337 e. The summed E-state index contributed by atoms with van der Waals surface area (Å²) >= 11 is 11.6. The van der Waals surface area contributed by atoms with Crippen molar-refractivity contribution in [3.8, 4) is 0 Å². The molecule has 6 heteroatoms. The molecule has 2 aromatic carbocycles. The second-order valence-corrected chi connectivity index (χ2v) is 6.68. The zero-order chi connectivity index (χ0) is 18.6. The van der Waals surface area contributed by atoms with Gasteiger partial charge in [0.15, 0.2) is 5.11 Å². The third-order valence-corrected chi connectivity index (χ3v) is 4.42. The normalized spacial score (nSPS) is 11.6. The Hall–Kier alpha value is -2.11. The molecule has 0 aliphatic carbocycles. The minimum Gasteiger partial charge on any atom is -0.465 e. The van der Waals surface area contributed by atoms with E-state index in [-0.39, 0.29) is 6.04 Å². The van der Waals surface area contributed by atoms with Crippen LogP contribution in [0.15, 0.2) is 36.4 Å². The van der Waals surface area contributed by atoms with Crippen LogP contribution in [0.25, 0.3) is 0 Å². The van der Waals surface area contributed by atoms with Gasteiger partial charge in [-0.05, 0) is 62.3 Å². The van der Waals surface area contributed by atoms with Crippen LogP contribution in [-0.2, 0) is 4.74 Å². The predicted molar refractivity (Wildman–Crippen MR) is 106 cm³/mol. The highest BCUT2D eigenvalue weighted by Crippen LogP contribution is 2.24. The number of methoxy groups -OCH3 is 1. The van der Waals surface area contributed by atoms with Gasteiger partial charge in [0.2, 0.25) is 0 Å². The summed E-state index contributed by atoms with van der Waals surface area (Å²) in [5.41, 5.74) is 4.55. The lowest BCUT2D eigenvalue weighted by Gasteiger charge is -2.20. The number of anilines is 1. The molecule has 25 heavy (non-hydrogen) atoms. The molecule has 132 valence electrons. The van der Waals surface area contributed by atoms with Crippen molar-refractivity contribution in [1.82, 2.24) is 5.32 Å². The Morgan fingerprint density at radius 3 is 2.56 bits per heavy atom. The highest BCUT2D eigenvalue weighted by Gasteiger charge is 2.13. The monoisotopic (exact) mass is 376 g/mol. The Morgan fingerprint density at radius 1 is 1.20 bits per heavy atom. The van der Waals surface area contributed by atoms with Crippen LogP contribution < -0.4 is 10.6 Å². The van der Waals surface area contributed by atoms with Crippen molar-refractivity contribution in [3.63, 3.8) is 0 Å². The van der Waals surface area contributed by atoms with Crippen molar-refractivity contribution in [1.29, 1.82) is 0 Å². The summed E-state index contributed by atoms with van der Waals surface area (Å²) in [6.45, 7) is 6.18. The molecule has 4 nitrogen and oxygen atoms in total. The van der Waals surface area contributed by atoms with E-state index in [1.807, 2.05) is 6.92 Å². The average Bonchev–Trinajstić information content (AvgIpc) is 2.55. The van der Waals surface area contributed by atoms with Crippen LogP contribution in [0.1, 0.15) is 40.0 Å². The summed E-state index contributed by atoms with van der Waals surface area (Å²) in [6, 6.07) is 11.2. The number of hydrogen-bond acceptors (Lipinski definition) is 3. The van der Waals surface area contributed by atoms with Crippen molar-refractivity contribution < 1.29 is 9.53 Å². The van der Waals surface area contributed by atoms with E-state index in [0.717, 1.165) is 0 Å². The van der Waals surface area contributed by atoms with Gasteiger partial charge in [-0.3, -0.25) is 0 Å². The van der Waals surface area contributed by atoms with Crippen LogP contribution in [0.3, 0.4) is 0 Å². The number of carbonyl (C=O) groups excluding carboxylic acids is 1. The maximum absolute atomic E-state index is 11.6. The van der Waals surface area contributed by atoms with E-state index in [1.165, 1.54) is 23.8 Å². The third-order valence-electron chi connectivity index (χ3n) is 3.88. The lowest BCUT2D eigenvalue weighted by molar-refractivity contribution is 0.0601. The molecule has 0 radical (unpaired) electrons. The first kappa shape index (κ1) is 19.2. The van der Waals surface area contributed by atoms with Crippen LogP contribution in [-0.4, -0.2) is 18.2 Å². The first-order valence-electron chi connectivity index (χ1n) is 7.84. The number of aryl methyl sites for hydroxylation is 2. The van der Waals surface area contributed by atoms with E-state index in [2.05, 4.69) is 42.7 Å². The summed E-state index contributed by atoms with van der Waals surface area (Å²) in [5.74, 6) is -0.428. The molecule has 2 N–H and O–H groups in total. The van der Waals surface area contributed by atoms with Crippen molar-refractivity contribution in [2.45, 2.75) is 26.8 Å². The van der Waals surface area contributed by atoms with Gasteiger partial charge in [0.05, 0.1) is 29.4 Å². The van der Waals surface area contributed by atoms with Crippen LogP contribution in [0.4, 0.5) is 5.69 Å². The van der Waals surface area contributed by atoms with Crippen LogP contribution in [0, 0.1) is 13.8 Å². The molecular formula is C19H21ClN2O2S. The Kier molecular flexibility index (Phi) is 6.39. The first-order chi connectivity index (χ1) is 11.8. The van der Waals surface area contributed by atoms with Crippen LogP contribution >= 0.6 is 23.8 Å². The average molecular weight is 377 g/mol. The minimum absolute atomic E-state index is 0.0307. The number of ether oxygens (including phenoxy) is 1. The van der Waals surface area contributed by atoms with E-state index in [4.69, 9.17) is 28.6 Å². The van der Waals surface area contributed by atoms with Gasteiger partial charge in [-0.2, -0.15) is 0 Å². The molecule has 0 aliphatic heterocycles. The number of thiocarbonyl (C=S) groups is 1. The van der Waals surface area contributed by atoms with Gasteiger partial charge in [-0.15, -0.1) is 0 Å². The number of nitrogens with one attached hydrogen (secondary N) is 2. The van der Waals surface area contributed by atoms with E-state index < -0.39 is 5.97 Å². The SMILES string of the molecule is COC(=O)c1ccc(Cl)c(NC(=S)N[C@@H](C)c2ccc(C)cc2C)c1. The van der Waals surface area contributed by atoms with Crippen molar-refractivity contribution in [3.05, 3.63) is 63.7 Å². The number of rotatable bonds is 4. The quantitative estimate of drug-likeness (QED) is 0.593. The second-order valence-electron chi connectivity index (χ2n) is 5.87. The van der Waals surface area contributed by atoms with Gasteiger partial charge >= 0.3 is 5.97 Å². The lowest BCUT2D eigenvalue weighted by atomic mass is 10.0. The van der Waals surface area contributed by atoms with E-state index >= 15 is 0 Å². The molecule has 0 saturated heterocycles. The molecular weight excluding hydrogens is 356 g/mol. The summed E-state index contributed by atoms with van der Waals surface area (Å²) in [6.07, 6.45) is 0. The van der Waals surface area contributed by atoms with Crippen molar-refractivity contribution >= 4 is 40.6 Å². The zero-order valence-corrected chi connectivity index (χ0v) is 16.2. The largest absolute Gasteiger partial charge is 0.465 e. The minimum atomic E-state index is -0.428. The number of carbonyl (C=O) groups is 1. The fourth-order valence-electron chi connectivity index (χ4n) is 2.61. The summed E-state index contributed by atoms with van der Waals surface area (Å²) in [5, 5.41) is 7.18. The van der Waals surface area contributed by atoms with Gasteiger partial charge in [0.25, 0.3) is 0 Å². The molecule has 0 heterocycles. The highest BCUT2D eigenvalue weighted by molar-refractivity contribution is 7.80. The standard InChI is InChI=1S/C19H21ClN2O2S/c1-11-5-7-15(12(2)9-11)13(3)21-19(25)22-17-10-14(18(23)24-4)6-8-16(17)20/h5-10,13H,1-4H3,(H2,21,22,25)/t13-/m0/s1. The van der Waals surface area contributed by atoms with E-state index in [0.29, 0.717) is 21.4 Å². The number of halogens is 1. The maximum Gasteiger partial charge on any atom is 0.337 e. The third kappa shape index (κ3) is 4.94. The Morgan fingerprint density at radius 2 is 1.92 bits per heavy atom. The molecule has 0 amide bonds.